The van der Waals surface area contributed by atoms with Gasteiger partial charge in [-0.3, -0.25) is 9.78 Å². The average molecular weight is 363 g/mol. The second-order valence-corrected chi connectivity index (χ2v) is 7.64. The van der Waals surface area contributed by atoms with Crippen molar-refractivity contribution in [3.63, 3.8) is 0 Å². The van der Waals surface area contributed by atoms with Gasteiger partial charge in [0.2, 0.25) is 0 Å². The van der Waals surface area contributed by atoms with Gasteiger partial charge in [-0.15, -0.1) is 0 Å². The summed E-state index contributed by atoms with van der Waals surface area (Å²) < 4.78 is 0. The molecule has 0 spiro atoms. The largest absolute Gasteiger partial charge is 0.385 e. The standard InChI is InChI=1S/C22H25N3O2/c1-14-6-7-15(2)19-18(14)16(3)20(24-19)21(26)25-11-8-22(27,9-12-25)17-5-4-10-23-13-17/h4-7,10,13,24,27H,8-9,11-12H2,1-3H3. The number of carbonyl (C=O) groups excluding carboxylic acids is 1. The van der Waals surface area contributed by atoms with Crippen molar-refractivity contribution in [1.29, 1.82) is 0 Å². The molecule has 0 saturated carbocycles. The lowest BCUT2D eigenvalue weighted by molar-refractivity contribution is -0.0215. The zero-order valence-electron chi connectivity index (χ0n) is 16.0. The highest BCUT2D eigenvalue weighted by Crippen LogP contribution is 2.34. The van der Waals surface area contributed by atoms with Crippen LogP contribution in [0.1, 0.15) is 45.6 Å². The molecule has 2 aromatic heterocycles. The van der Waals surface area contributed by atoms with Crippen LogP contribution in [0.4, 0.5) is 0 Å². The third kappa shape index (κ3) is 2.92. The minimum absolute atomic E-state index is 0.00994. The highest BCUT2D eigenvalue weighted by atomic mass is 16.3. The van der Waals surface area contributed by atoms with Gasteiger partial charge in [-0.1, -0.05) is 18.2 Å². The van der Waals surface area contributed by atoms with Gasteiger partial charge in [0.1, 0.15) is 5.69 Å². The van der Waals surface area contributed by atoms with E-state index in [1.165, 1.54) is 5.56 Å². The summed E-state index contributed by atoms with van der Waals surface area (Å²) in [7, 11) is 0. The quantitative estimate of drug-likeness (QED) is 0.731. The maximum Gasteiger partial charge on any atom is 0.270 e. The molecule has 1 aliphatic heterocycles. The van der Waals surface area contributed by atoms with Crippen LogP contribution in [0.25, 0.3) is 10.9 Å². The maximum atomic E-state index is 13.2. The fraction of sp³-hybridized carbons (Fsp3) is 0.364. The summed E-state index contributed by atoms with van der Waals surface area (Å²) in [6, 6.07) is 7.92. The monoisotopic (exact) mass is 363 g/mol. The Bertz CT molecular complexity index is 999. The Morgan fingerprint density at radius 3 is 2.48 bits per heavy atom. The lowest BCUT2D eigenvalue weighted by Gasteiger charge is -2.38. The number of aromatic amines is 1. The molecular weight excluding hydrogens is 338 g/mol. The molecule has 140 valence electrons. The van der Waals surface area contributed by atoms with Crippen molar-refractivity contribution >= 4 is 16.8 Å². The fourth-order valence-corrected chi connectivity index (χ4v) is 4.18. The van der Waals surface area contributed by atoms with Gasteiger partial charge in [0.25, 0.3) is 5.91 Å². The number of fused-ring (bicyclic) bond motifs is 1. The predicted octanol–water partition coefficient (Wildman–Crippen LogP) is 3.61. The highest BCUT2D eigenvalue weighted by Gasteiger charge is 2.36. The van der Waals surface area contributed by atoms with E-state index in [4.69, 9.17) is 0 Å². The number of likely N-dealkylation sites (tertiary alicyclic amines) is 1. The number of nitrogens with one attached hydrogen (secondary N) is 1. The topological polar surface area (TPSA) is 69.2 Å². The third-order valence-corrected chi connectivity index (χ3v) is 5.91. The molecule has 0 atom stereocenters. The number of nitrogens with zero attached hydrogens (tertiary/aromatic N) is 2. The first-order valence-corrected chi connectivity index (χ1v) is 9.41. The molecule has 5 nitrogen and oxygen atoms in total. The number of piperidine rings is 1. The SMILES string of the molecule is Cc1ccc(C)c2c(C)c(C(=O)N3CCC(O)(c4cccnc4)CC3)[nH]c12. The smallest absolute Gasteiger partial charge is 0.270 e. The number of amides is 1. The van der Waals surface area contributed by atoms with Crippen LogP contribution >= 0.6 is 0 Å². The van der Waals surface area contributed by atoms with E-state index in [0.717, 1.165) is 27.6 Å². The van der Waals surface area contributed by atoms with Gasteiger partial charge in [-0.2, -0.15) is 0 Å². The Hall–Kier alpha value is -2.66. The van der Waals surface area contributed by atoms with Crippen molar-refractivity contribution in [2.24, 2.45) is 0 Å². The van der Waals surface area contributed by atoms with Crippen LogP contribution in [-0.4, -0.2) is 39.0 Å². The number of rotatable bonds is 2. The number of pyridine rings is 1. The number of hydrogen-bond acceptors (Lipinski definition) is 3. The fourth-order valence-electron chi connectivity index (χ4n) is 4.18. The molecule has 3 heterocycles. The van der Waals surface area contributed by atoms with E-state index in [2.05, 4.69) is 35.9 Å². The van der Waals surface area contributed by atoms with Crippen molar-refractivity contribution in [1.82, 2.24) is 14.9 Å². The Labute approximate surface area is 159 Å². The van der Waals surface area contributed by atoms with Gasteiger partial charge in [0.15, 0.2) is 0 Å². The Morgan fingerprint density at radius 2 is 1.85 bits per heavy atom. The Kier molecular flexibility index (Phi) is 4.27. The van der Waals surface area contributed by atoms with E-state index in [1.807, 2.05) is 24.0 Å². The van der Waals surface area contributed by atoms with Crippen molar-refractivity contribution in [3.8, 4) is 0 Å². The summed E-state index contributed by atoms with van der Waals surface area (Å²) in [6.45, 7) is 7.19. The van der Waals surface area contributed by atoms with Crippen molar-refractivity contribution in [2.45, 2.75) is 39.2 Å². The molecule has 1 aliphatic rings. The van der Waals surface area contributed by atoms with Crippen molar-refractivity contribution in [2.75, 3.05) is 13.1 Å². The molecule has 3 aromatic rings. The van der Waals surface area contributed by atoms with E-state index >= 15 is 0 Å². The van der Waals surface area contributed by atoms with Crippen LogP contribution < -0.4 is 0 Å². The zero-order chi connectivity index (χ0) is 19.2. The van der Waals surface area contributed by atoms with Crippen LogP contribution in [0.15, 0.2) is 36.7 Å². The first-order chi connectivity index (χ1) is 12.9. The average Bonchev–Trinajstić information content (AvgIpc) is 3.04. The lowest BCUT2D eigenvalue weighted by Crippen LogP contribution is -2.45. The molecular formula is C22H25N3O2. The summed E-state index contributed by atoms with van der Waals surface area (Å²) >= 11 is 0. The molecule has 4 rings (SSSR count). The second kappa shape index (κ2) is 6.50. The van der Waals surface area contributed by atoms with Crippen molar-refractivity contribution < 1.29 is 9.90 Å². The zero-order valence-corrected chi connectivity index (χ0v) is 16.0. The molecule has 1 aromatic carbocycles. The van der Waals surface area contributed by atoms with Gasteiger partial charge in [-0.25, -0.2) is 0 Å². The molecule has 1 saturated heterocycles. The molecule has 1 fully saturated rings. The maximum absolute atomic E-state index is 13.2. The summed E-state index contributed by atoms with van der Waals surface area (Å²) in [6.07, 6.45) is 4.45. The van der Waals surface area contributed by atoms with Crippen LogP contribution in [0.5, 0.6) is 0 Å². The van der Waals surface area contributed by atoms with Crippen LogP contribution in [0, 0.1) is 20.8 Å². The van der Waals surface area contributed by atoms with E-state index in [-0.39, 0.29) is 5.91 Å². The van der Waals surface area contributed by atoms with Gasteiger partial charge in [0, 0.05) is 41.9 Å². The number of benzene rings is 1. The minimum atomic E-state index is -0.909. The highest BCUT2D eigenvalue weighted by molar-refractivity contribution is 6.02. The number of aryl methyl sites for hydroxylation is 3. The molecule has 27 heavy (non-hydrogen) atoms. The Morgan fingerprint density at radius 1 is 1.15 bits per heavy atom. The summed E-state index contributed by atoms with van der Waals surface area (Å²) in [4.78, 5) is 22.5. The van der Waals surface area contributed by atoms with Crippen LogP contribution in [0.3, 0.4) is 0 Å². The predicted molar refractivity (Wildman–Crippen MR) is 106 cm³/mol. The number of H-pyrrole nitrogens is 1. The Balaban J connectivity index is 1.59. The van der Waals surface area contributed by atoms with Gasteiger partial charge in [-0.05, 0) is 56.4 Å². The van der Waals surface area contributed by atoms with E-state index in [9.17, 15) is 9.90 Å². The molecule has 2 N–H and O–H groups in total. The number of hydrogen-bond donors (Lipinski definition) is 2. The molecule has 0 aliphatic carbocycles. The molecule has 0 radical (unpaired) electrons. The first kappa shape index (κ1) is 17.7. The van der Waals surface area contributed by atoms with Gasteiger partial charge >= 0.3 is 0 Å². The number of aromatic nitrogens is 2. The summed E-state index contributed by atoms with van der Waals surface area (Å²) in [5.74, 6) is 0.00994. The van der Waals surface area contributed by atoms with Crippen LogP contribution in [0.2, 0.25) is 0 Å². The van der Waals surface area contributed by atoms with E-state index in [0.29, 0.717) is 31.6 Å². The summed E-state index contributed by atoms with van der Waals surface area (Å²) in [5, 5.41) is 12.1. The second-order valence-electron chi connectivity index (χ2n) is 7.64. The number of aliphatic hydroxyl groups is 1. The van der Waals surface area contributed by atoms with Gasteiger partial charge < -0.3 is 15.0 Å². The number of carbonyl (C=O) groups is 1. The molecule has 1 amide bonds. The van der Waals surface area contributed by atoms with Crippen molar-refractivity contribution in [3.05, 3.63) is 64.6 Å². The first-order valence-electron chi connectivity index (χ1n) is 9.41. The lowest BCUT2D eigenvalue weighted by atomic mass is 9.85. The van der Waals surface area contributed by atoms with E-state index in [1.54, 1.807) is 12.4 Å². The minimum Gasteiger partial charge on any atom is -0.385 e. The third-order valence-electron chi connectivity index (χ3n) is 5.91. The summed E-state index contributed by atoms with van der Waals surface area (Å²) in [5.41, 5.74) is 4.94. The van der Waals surface area contributed by atoms with E-state index < -0.39 is 5.60 Å². The molecule has 0 bridgehead atoms. The normalized spacial score (nSPS) is 16.7. The molecule has 5 heteroatoms. The van der Waals surface area contributed by atoms with Gasteiger partial charge in [0.05, 0.1) is 5.60 Å². The van der Waals surface area contributed by atoms with Crippen LogP contribution in [-0.2, 0) is 5.60 Å². The molecule has 0 unspecified atom stereocenters.